The number of hydrogen-bond acceptors (Lipinski definition) is 2. The van der Waals surface area contributed by atoms with E-state index in [1.54, 1.807) is 0 Å². The van der Waals surface area contributed by atoms with Crippen LogP contribution >= 0.6 is 11.6 Å². The second-order valence-corrected chi connectivity index (χ2v) is 2.99. The first-order valence-corrected chi connectivity index (χ1v) is 3.88. The van der Waals surface area contributed by atoms with Gasteiger partial charge in [0.2, 0.25) is 5.91 Å². The van der Waals surface area contributed by atoms with Gasteiger partial charge in [-0.1, -0.05) is 11.6 Å². The summed E-state index contributed by atoms with van der Waals surface area (Å²) in [5, 5.41) is 10.4. The van der Waals surface area contributed by atoms with Crippen molar-refractivity contribution in [1.82, 2.24) is 5.32 Å². The van der Waals surface area contributed by atoms with Crippen LogP contribution in [0.2, 0.25) is 0 Å². The molecule has 1 fully saturated rings. The zero-order valence-electron chi connectivity index (χ0n) is 6.21. The monoisotopic (exact) mass is 189 g/mol. The second kappa shape index (κ2) is 3.58. The van der Waals surface area contributed by atoms with Gasteiger partial charge in [0.15, 0.2) is 0 Å². The van der Waals surface area contributed by atoms with E-state index in [2.05, 4.69) is 5.32 Å². The molecule has 0 radical (unpaired) electrons. The molecule has 1 aliphatic rings. The summed E-state index contributed by atoms with van der Waals surface area (Å²) in [6.07, 6.45) is 2.80. The number of nitrogens with one attached hydrogen (secondary N) is 1. The van der Waals surface area contributed by atoms with Crippen molar-refractivity contribution in [2.75, 3.05) is 0 Å². The van der Waals surface area contributed by atoms with Gasteiger partial charge in [-0.2, -0.15) is 0 Å². The van der Waals surface area contributed by atoms with Crippen LogP contribution in [0.25, 0.3) is 0 Å². The maximum absolute atomic E-state index is 10.9. The van der Waals surface area contributed by atoms with Crippen LogP contribution in [0.1, 0.15) is 12.8 Å². The van der Waals surface area contributed by atoms with Gasteiger partial charge < -0.3 is 10.4 Å². The summed E-state index contributed by atoms with van der Waals surface area (Å²) in [6.45, 7) is 0. The highest BCUT2D eigenvalue weighted by Crippen LogP contribution is 2.18. The summed E-state index contributed by atoms with van der Waals surface area (Å²) >= 11 is 5.22. The molecule has 0 bridgehead atoms. The molecule has 0 spiro atoms. The summed E-state index contributed by atoms with van der Waals surface area (Å²) in [5.74, 6) is -1.73. The van der Waals surface area contributed by atoms with Crippen LogP contribution in [0.15, 0.2) is 11.1 Å². The molecule has 0 heterocycles. The quantitative estimate of drug-likeness (QED) is 0.635. The molecule has 0 aromatic carbocycles. The van der Waals surface area contributed by atoms with Crippen LogP contribution in [0.3, 0.4) is 0 Å². The van der Waals surface area contributed by atoms with Crippen LogP contribution < -0.4 is 5.32 Å². The van der Waals surface area contributed by atoms with Gasteiger partial charge in [-0.25, -0.2) is 4.79 Å². The largest absolute Gasteiger partial charge is 0.477 e. The number of carbonyl (C=O) groups excluding carboxylic acids is 1. The van der Waals surface area contributed by atoms with Crippen LogP contribution in [-0.2, 0) is 9.59 Å². The lowest BCUT2D eigenvalue weighted by molar-refractivity contribution is -0.132. The van der Waals surface area contributed by atoms with Crippen LogP contribution in [0.4, 0.5) is 0 Å². The fraction of sp³-hybridized carbons (Fsp3) is 0.429. The summed E-state index contributed by atoms with van der Waals surface area (Å²) in [4.78, 5) is 21.0. The maximum atomic E-state index is 10.9. The van der Waals surface area contributed by atoms with Crippen molar-refractivity contribution in [3.63, 3.8) is 0 Å². The van der Waals surface area contributed by atoms with Gasteiger partial charge in [0, 0.05) is 12.1 Å². The van der Waals surface area contributed by atoms with Crippen LogP contribution in [0.5, 0.6) is 0 Å². The summed E-state index contributed by atoms with van der Waals surface area (Å²) in [7, 11) is 0. The van der Waals surface area contributed by atoms with Crippen molar-refractivity contribution in [2.45, 2.75) is 18.9 Å². The summed E-state index contributed by atoms with van der Waals surface area (Å²) < 4.78 is 0. The molecule has 0 saturated heterocycles. The molecule has 0 aromatic heterocycles. The molecule has 1 rings (SSSR count). The third-order valence-corrected chi connectivity index (χ3v) is 1.66. The molecule has 1 saturated carbocycles. The predicted octanol–water partition coefficient (Wildman–Crippen LogP) is 0.472. The SMILES string of the molecule is O=C(C=C(Cl)C(=O)O)NC1CC1. The highest BCUT2D eigenvalue weighted by Gasteiger charge is 2.22. The summed E-state index contributed by atoms with van der Waals surface area (Å²) in [6, 6.07) is 0.215. The van der Waals surface area contributed by atoms with E-state index >= 15 is 0 Å². The van der Waals surface area contributed by atoms with Crippen molar-refractivity contribution >= 4 is 23.5 Å². The Morgan fingerprint density at radius 1 is 1.50 bits per heavy atom. The van der Waals surface area contributed by atoms with E-state index in [-0.39, 0.29) is 6.04 Å². The van der Waals surface area contributed by atoms with Crippen molar-refractivity contribution in [3.05, 3.63) is 11.1 Å². The second-order valence-electron chi connectivity index (χ2n) is 2.58. The zero-order valence-corrected chi connectivity index (χ0v) is 6.97. The van der Waals surface area contributed by atoms with Crippen LogP contribution in [-0.4, -0.2) is 23.0 Å². The minimum absolute atomic E-state index is 0.215. The van der Waals surface area contributed by atoms with Gasteiger partial charge in [0.1, 0.15) is 5.03 Å². The Bertz CT molecular complexity index is 245. The topological polar surface area (TPSA) is 66.4 Å². The average Bonchev–Trinajstić information content (AvgIpc) is 2.71. The van der Waals surface area contributed by atoms with Crippen molar-refractivity contribution < 1.29 is 14.7 Å². The van der Waals surface area contributed by atoms with Crippen molar-refractivity contribution in [3.8, 4) is 0 Å². The fourth-order valence-corrected chi connectivity index (χ4v) is 0.746. The Balaban J connectivity index is 2.41. The number of amides is 1. The molecule has 0 aliphatic heterocycles. The van der Waals surface area contributed by atoms with Gasteiger partial charge in [-0.05, 0) is 12.8 Å². The lowest BCUT2D eigenvalue weighted by atomic mass is 10.4. The van der Waals surface area contributed by atoms with Crippen molar-refractivity contribution in [1.29, 1.82) is 0 Å². The molecule has 1 amide bonds. The van der Waals surface area contributed by atoms with E-state index in [9.17, 15) is 9.59 Å². The van der Waals surface area contributed by atoms with E-state index in [4.69, 9.17) is 16.7 Å². The smallest absolute Gasteiger partial charge is 0.347 e. The number of halogens is 1. The first-order chi connectivity index (χ1) is 5.59. The first kappa shape index (κ1) is 9.06. The average molecular weight is 190 g/mol. The molecule has 0 atom stereocenters. The molecular formula is C7H8ClNO3. The molecule has 66 valence electrons. The number of hydrogen-bond donors (Lipinski definition) is 2. The molecule has 12 heavy (non-hydrogen) atoms. The van der Waals surface area contributed by atoms with E-state index in [0.717, 1.165) is 18.9 Å². The molecule has 4 nitrogen and oxygen atoms in total. The third kappa shape index (κ3) is 2.92. The van der Waals surface area contributed by atoms with E-state index in [0.29, 0.717) is 0 Å². The number of carboxylic acid groups (broad SMARTS) is 1. The molecule has 5 heteroatoms. The lowest BCUT2D eigenvalue weighted by Crippen LogP contribution is -2.23. The minimum atomic E-state index is -1.29. The first-order valence-electron chi connectivity index (χ1n) is 3.50. The highest BCUT2D eigenvalue weighted by molar-refractivity contribution is 6.42. The number of aliphatic carboxylic acids is 1. The normalized spacial score (nSPS) is 17.2. The molecule has 0 unspecified atom stereocenters. The standard InChI is InChI=1S/C7H8ClNO3/c8-5(7(11)12)3-6(10)9-4-1-2-4/h3-4H,1-2H2,(H,9,10)(H,11,12). The van der Waals surface area contributed by atoms with E-state index < -0.39 is 16.9 Å². The number of rotatable bonds is 3. The Morgan fingerprint density at radius 3 is 2.50 bits per heavy atom. The fourth-order valence-electron chi connectivity index (χ4n) is 0.647. The zero-order chi connectivity index (χ0) is 9.14. The van der Waals surface area contributed by atoms with Crippen molar-refractivity contribution in [2.24, 2.45) is 0 Å². The molecule has 0 aromatic rings. The number of carboxylic acids is 1. The Labute approximate surface area is 74.2 Å². The lowest BCUT2D eigenvalue weighted by Gasteiger charge is -1.96. The Kier molecular flexibility index (Phi) is 2.70. The van der Waals surface area contributed by atoms with Gasteiger partial charge in [0.25, 0.3) is 0 Å². The maximum Gasteiger partial charge on any atom is 0.347 e. The van der Waals surface area contributed by atoms with Gasteiger partial charge >= 0.3 is 5.97 Å². The molecule has 1 aliphatic carbocycles. The molecular weight excluding hydrogens is 182 g/mol. The Hall–Kier alpha value is -1.03. The molecule has 2 N–H and O–H groups in total. The minimum Gasteiger partial charge on any atom is -0.477 e. The predicted molar refractivity (Wildman–Crippen MR) is 42.7 cm³/mol. The van der Waals surface area contributed by atoms with Gasteiger partial charge in [0.05, 0.1) is 0 Å². The third-order valence-electron chi connectivity index (χ3n) is 1.39. The summed E-state index contributed by atoms with van der Waals surface area (Å²) in [5.41, 5.74) is 0. The number of carbonyl (C=O) groups is 2. The van der Waals surface area contributed by atoms with E-state index in [1.807, 2.05) is 0 Å². The van der Waals surface area contributed by atoms with Gasteiger partial charge in [-0.15, -0.1) is 0 Å². The highest BCUT2D eigenvalue weighted by atomic mass is 35.5. The van der Waals surface area contributed by atoms with Gasteiger partial charge in [-0.3, -0.25) is 4.79 Å². The van der Waals surface area contributed by atoms with Crippen LogP contribution in [0, 0.1) is 0 Å². The Morgan fingerprint density at radius 2 is 2.08 bits per heavy atom. The van der Waals surface area contributed by atoms with E-state index in [1.165, 1.54) is 0 Å².